The molecule has 0 aromatic heterocycles. The standard InChI is InChI=1S/C17H27NO7.C8H19N/c1-7-23-18(25-15(22)9-8-14(20)21)16(3,4)10-13(24-12(2)19)11-17(18,5)6;1-3-5-7-9-8-6-4-2/h8-9,13H,7,10-11H2,1-6H3;9H,3-8H2,1-2H3/p+1/b9-8-;. The Labute approximate surface area is 205 Å². The van der Waals surface area contributed by atoms with Gasteiger partial charge in [-0.05, 0) is 60.5 Å². The van der Waals surface area contributed by atoms with Crippen LogP contribution in [0.15, 0.2) is 12.2 Å². The molecule has 0 aliphatic carbocycles. The molecule has 1 saturated heterocycles. The first-order valence-corrected chi connectivity index (χ1v) is 12.3. The van der Waals surface area contributed by atoms with Crippen LogP contribution in [0.3, 0.4) is 0 Å². The monoisotopic (exact) mass is 487 g/mol. The number of nitrogens with zero attached hydrogens (tertiary/aromatic N) is 1. The lowest BCUT2D eigenvalue weighted by Crippen LogP contribution is -2.75. The molecular formula is C25H47N2O7+. The zero-order valence-electron chi connectivity index (χ0n) is 22.4. The van der Waals surface area contributed by atoms with E-state index in [4.69, 9.17) is 19.5 Å². The van der Waals surface area contributed by atoms with Crippen molar-refractivity contribution in [3.63, 3.8) is 0 Å². The molecule has 1 heterocycles. The van der Waals surface area contributed by atoms with Crippen LogP contribution in [0.25, 0.3) is 0 Å². The van der Waals surface area contributed by atoms with Gasteiger partial charge in [0.25, 0.3) is 0 Å². The minimum Gasteiger partial charge on any atom is -0.478 e. The summed E-state index contributed by atoms with van der Waals surface area (Å²) in [6.45, 7) is 17.7. The number of carboxylic acids is 1. The molecule has 34 heavy (non-hydrogen) atoms. The van der Waals surface area contributed by atoms with Crippen LogP contribution >= 0.6 is 0 Å². The van der Waals surface area contributed by atoms with Crippen LogP contribution in [-0.2, 0) is 28.8 Å². The van der Waals surface area contributed by atoms with Crippen molar-refractivity contribution in [3.8, 4) is 0 Å². The summed E-state index contributed by atoms with van der Waals surface area (Å²) in [6.07, 6.45) is 7.34. The van der Waals surface area contributed by atoms with Crippen molar-refractivity contribution < 1.29 is 38.7 Å². The Morgan fingerprint density at radius 2 is 1.47 bits per heavy atom. The van der Waals surface area contributed by atoms with Crippen molar-refractivity contribution in [1.29, 1.82) is 0 Å². The van der Waals surface area contributed by atoms with Crippen molar-refractivity contribution in [1.82, 2.24) is 5.32 Å². The van der Waals surface area contributed by atoms with Crippen molar-refractivity contribution in [2.45, 2.75) is 111 Å². The number of carboxylic acid groups (broad SMARTS) is 1. The fourth-order valence-electron chi connectivity index (χ4n) is 4.39. The van der Waals surface area contributed by atoms with Crippen molar-refractivity contribution in [2.75, 3.05) is 19.7 Å². The number of rotatable bonds is 12. The van der Waals surface area contributed by atoms with Gasteiger partial charge in [-0.2, -0.15) is 4.84 Å². The van der Waals surface area contributed by atoms with Crippen LogP contribution in [0.5, 0.6) is 0 Å². The third-order valence-electron chi connectivity index (χ3n) is 5.69. The molecule has 1 fully saturated rings. The predicted molar refractivity (Wildman–Crippen MR) is 130 cm³/mol. The van der Waals surface area contributed by atoms with Gasteiger partial charge in [-0.25, -0.2) is 14.4 Å². The number of aliphatic carboxylic acids is 1. The summed E-state index contributed by atoms with van der Waals surface area (Å²) in [5, 5.41) is 12.1. The summed E-state index contributed by atoms with van der Waals surface area (Å²) in [6, 6.07) is 0. The van der Waals surface area contributed by atoms with E-state index >= 15 is 0 Å². The van der Waals surface area contributed by atoms with Gasteiger partial charge in [0.05, 0.1) is 0 Å². The third-order valence-corrected chi connectivity index (χ3v) is 5.69. The molecule has 9 nitrogen and oxygen atoms in total. The molecule has 0 spiro atoms. The molecule has 0 aromatic rings. The van der Waals surface area contributed by atoms with Crippen LogP contribution in [-0.4, -0.2) is 64.7 Å². The number of hydroxylamine groups is 4. The average Bonchev–Trinajstić information content (AvgIpc) is 2.70. The van der Waals surface area contributed by atoms with E-state index in [2.05, 4.69) is 19.2 Å². The van der Waals surface area contributed by atoms with Crippen LogP contribution in [0.2, 0.25) is 0 Å². The van der Waals surface area contributed by atoms with Gasteiger partial charge in [-0.1, -0.05) is 26.7 Å². The van der Waals surface area contributed by atoms with Crippen molar-refractivity contribution in [3.05, 3.63) is 12.2 Å². The van der Waals surface area contributed by atoms with E-state index < -0.39 is 27.8 Å². The Hall–Kier alpha value is -1.97. The Kier molecular flexibility index (Phi) is 14.2. The number of carbonyl (C=O) groups is 3. The highest BCUT2D eigenvalue weighted by molar-refractivity contribution is 5.90. The molecule has 0 radical (unpaired) electrons. The number of nitrogens with one attached hydrogen (secondary N) is 1. The summed E-state index contributed by atoms with van der Waals surface area (Å²) in [5.74, 6) is -2.43. The number of ether oxygens (including phenoxy) is 1. The maximum atomic E-state index is 12.2. The summed E-state index contributed by atoms with van der Waals surface area (Å²) in [5.41, 5.74) is -1.46. The molecule has 198 valence electrons. The van der Waals surface area contributed by atoms with Gasteiger partial charge in [0.2, 0.25) is 0 Å². The molecule has 2 N–H and O–H groups in total. The molecule has 0 saturated carbocycles. The highest BCUT2D eigenvalue weighted by Gasteiger charge is 2.66. The first kappa shape index (κ1) is 32.0. The van der Waals surface area contributed by atoms with E-state index in [1.807, 2.05) is 27.7 Å². The number of carbonyl (C=O) groups excluding carboxylic acids is 2. The van der Waals surface area contributed by atoms with Crippen molar-refractivity contribution in [2.24, 2.45) is 0 Å². The van der Waals surface area contributed by atoms with Gasteiger partial charge in [0.15, 0.2) is 11.1 Å². The normalized spacial score (nSPS) is 23.0. The van der Waals surface area contributed by atoms with Gasteiger partial charge in [0, 0.05) is 36.7 Å². The van der Waals surface area contributed by atoms with Crippen LogP contribution < -0.4 is 5.32 Å². The van der Waals surface area contributed by atoms with Gasteiger partial charge in [0.1, 0.15) is 12.7 Å². The first-order valence-electron chi connectivity index (χ1n) is 12.3. The highest BCUT2D eigenvalue weighted by atomic mass is 17.0. The molecule has 0 unspecified atom stereocenters. The van der Waals surface area contributed by atoms with E-state index in [0.29, 0.717) is 12.8 Å². The van der Waals surface area contributed by atoms with Crippen LogP contribution in [0, 0.1) is 0 Å². The lowest BCUT2D eigenvalue weighted by Gasteiger charge is -2.55. The maximum Gasteiger partial charge on any atom is 0.395 e. The number of unbranched alkanes of at least 4 members (excludes halogenated alkanes) is 2. The van der Waals surface area contributed by atoms with Gasteiger partial charge < -0.3 is 15.2 Å². The van der Waals surface area contributed by atoms with E-state index in [-0.39, 0.29) is 18.7 Å². The molecule has 1 aliphatic heterocycles. The predicted octanol–water partition coefficient (Wildman–Crippen LogP) is 4.31. The molecule has 1 aliphatic rings. The summed E-state index contributed by atoms with van der Waals surface area (Å²) in [4.78, 5) is 45.2. The Balaban J connectivity index is 0.00000102. The van der Waals surface area contributed by atoms with Crippen LogP contribution in [0.1, 0.15) is 93.9 Å². The number of piperidine rings is 1. The fourth-order valence-corrected chi connectivity index (χ4v) is 4.39. The zero-order chi connectivity index (χ0) is 26.4. The van der Waals surface area contributed by atoms with E-state index in [0.717, 1.165) is 12.2 Å². The number of quaternary nitrogens is 1. The molecule has 9 heteroatoms. The minimum atomic E-state index is -1.24. The van der Waals surface area contributed by atoms with E-state index in [1.54, 1.807) is 6.92 Å². The SMILES string of the molecule is CCCCNCCCC.CCO[N+]1(OC(=O)/C=C\C(=O)O)C(C)(C)CC(OC(C)=O)CC1(C)C. The summed E-state index contributed by atoms with van der Waals surface area (Å²) < 4.78 is 5.38. The summed E-state index contributed by atoms with van der Waals surface area (Å²) in [7, 11) is 0. The van der Waals surface area contributed by atoms with Gasteiger partial charge in [-0.15, -0.1) is 0 Å². The largest absolute Gasteiger partial charge is 0.478 e. The number of esters is 1. The Morgan fingerprint density at radius 3 is 1.85 bits per heavy atom. The minimum absolute atomic E-state index is 0.279. The second kappa shape index (κ2) is 15.1. The second-order valence-corrected chi connectivity index (χ2v) is 9.77. The van der Waals surface area contributed by atoms with Gasteiger partial charge in [-0.3, -0.25) is 4.79 Å². The Bertz CT molecular complexity index is 650. The van der Waals surface area contributed by atoms with Crippen molar-refractivity contribution >= 4 is 17.9 Å². The molecule has 0 amide bonds. The fraction of sp³-hybridized carbons (Fsp3) is 0.800. The Morgan fingerprint density at radius 1 is 0.971 bits per heavy atom. The molecule has 1 rings (SSSR count). The quantitative estimate of drug-likeness (QED) is 0.181. The third kappa shape index (κ3) is 10.1. The van der Waals surface area contributed by atoms with E-state index in [1.165, 1.54) is 45.7 Å². The highest BCUT2D eigenvalue weighted by Crippen LogP contribution is 2.47. The summed E-state index contributed by atoms with van der Waals surface area (Å²) >= 11 is 0. The number of hydrogen-bond donors (Lipinski definition) is 2. The lowest BCUT2D eigenvalue weighted by atomic mass is 9.79. The molecule has 0 bridgehead atoms. The smallest absolute Gasteiger partial charge is 0.395 e. The number of hydrogen-bond acceptors (Lipinski definition) is 7. The second-order valence-electron chi connectivity index (χ2n) is 9.77. The molecule has 0 aromatic carbocycles. The van der Waals surface area contributed by atoms with E-state index in [9.17, 15) is 14.4 Å². The average molecular weight is 488 g/mol. The molecule has 0 atom stereocenters. The van der Waals surface area contributed by atoms with Crippen LogP contribution in [0.4, 0.5) is 0 Å². The zero-order valence-corrected chi connectivity index (χ0v) is 22.4. The molecular weight excluding hydrogens is 440 g/mol. The lowest BCUT2D eigenvalue weighted by molar-refractivity contribution is -1.29. The first-order chi connectivity index (χ1) is 15.8. The van der Waals surface area contributed by atoms with Gasteiger partial charge >= 0.3 is 17.9 Å². The maximum absolute atomic E-state index is 12.2. The topological polar surface area (TPSA) is 111 Å².